The van der Waals surface area contributed by atoms with Crippen LogP contribution in [0.5, 0.6) is 0 Å². The van der Waals surface area contributed by atoms with Crippen molar-refractivity contribution in [3.8, 4) is 0 Å². The fourth-order valence-corrected chi connectivity index (χ4v) is 2.27. The van der Waals surface area contributed by atoms with Gasteiger partial charge in [-0.3, -0.25) is 9.59 Å². The van der Waals surface area contributed by atoms with Gasteiger partial charge in [0, 0.05) is 25.5 Å². The van der Waals surface area contributed by atoms with Crippen LogP contribution in [-0.2, 0) is 20.9 Å². The van der Waals surface area contributed by atoms with E-state index in [-0.39, 0.29) is 31.0 Å². The summed E-state index contributed by atoms with van der Waals surface area (Å²) in [5, 5.41) is 0. The minimum atomic E-state index is -0.604. The first kappa shape index (κ1) is 11.8. The van der Waals surface area contributed by atoms with E-state index in [9.17, 15) is 14.4 Å². The van der Waals surface area contributed by atoms with Crippen LogP contribution in [0.3, 0.4) is 0 Å². The highest BCUT2D eigenvalue weighted by Crippen LogP contribution is 2.20. The van der Waals surface area contributed by atoms with Gasteiger partial charge in [-0.1, -0.05) is 0 Å². The molecule has 0 atom stereocenters. The summed E-state index contributed by atoms with van der Waals surface area (Å²) in [7, 11) is 0. The quantitative estimate of drug-likeness (QED) is 0.749. The molecule has 3 amide bonds. The van der Waals surface area contributed by atoms with E-state index in [1.807, 2.05) is 24.5 Å². The average Bonchev–Trinajstić information content (AvgIpc) is 2.91. The van der Waals surface area contributed by atoms with Gasteiger partial charge in [-0.05, 0) is 12.1 Å². The molecule has 3 heterocycles. The molecule has 2 aliphatic rings. The molecule has 19 heavy (non-hydrogen) atoms. The summed E-state index contributed by atoms with van der Waals surface area (Å²) >= 11 is 0. The number of cyclic esters (lactones) is 1. The van der Waals surface area contributed by atoms with Crippen molar-refractivity contribution >= 4 is 17.9 Å². The summed E-state index contributed by atoms with van der Waals surface area (Å²) in [6.45, 7) is 0.868. The zero-order chi connectivity index (χ0) is 13.4. The molecule has 1 aromatic rings. The van der Waals surface area contributed by atoms with Gasteiger partial charge in [-0.2, -0.15) is 0 Å². The first-order chi connectivity index (χ1) is 9.15. The molecule has 0 bridgehead atoms. The summed E-state index contributed by atoms with van der Waals surface area (Å²) < 4.78 is 6.43. The SMILES string of the molecule is O=C(Cn1cccc1)N1CC(N2C(=O)COC2=O)C1. The summed E-state index contributed by atoms with van der Waals surface area (Å²) in [4.78, 5) is 37.4. The second-order valence-electron chi connectivity index (χ2n) is 4.63. The van der Waals surface area contributed by atoms with E-state index in [1.165, 1.54) is 0 Å². The van der Waals surface area contributed by atoms with Crippen LogP contribution in [-0.4, -0.2) is 58.0 Å². The fourth-order valence-electron chi connectivity index (χ4n) is 2.27. The molecule has 2 fully saturated rings. The lowest BCUT2D eigenvalue weighted by molar-refractivity contribution is -0.142. The van der Waals surface area contributed by atoms with Crippen LogP contribution in [0.4, 0.5) is 4.79 Å². The summed E-state index contributed by atoms with van der Waals surface area (Å²) in [6, 6.07) is 3.46. The van der Waals surface area contributed by atoms with Gasteiger partial charge in [0.2, 0.25) is 5.91 Å². The first-order valence-electron chi connectivity index (χ1n) is 6.02. The number of hydrogen-bond donors (Lipinski definition) is 0. The molecule has 1 aromatic heterocycles. The predicted molar refractivity (Wildman–Crippen MR) is 63.0 cm³/mol. The Bertz CT molecular complexity index is 503. The molecule has 2 saturated heterocycles. The van der Waals surface area contributed by atoms with E-state index in [0.29, 0.717) is 13.1 Å². The number of ether oxygens (including phenoxy) is 1. The van der Waals surface area contributed by atoms with Crippen molar-refractivity contribution in [2.45, 2.75) is 12.6 Å². The van der Waals surface area contributed by atoms with Crippen molar-refractivity contribution in [3.05, 3.63) is 24.5 Å². The zero-order valence-corrected chi connectivity index (χ0v) is 10.2. The Balaban J connectivity index is 1.54. The van der Waals surface area contributed by atoms with Gasteiger partial charge < -0.3 is 14.2 Å². The van der Waals surface area contributed by atoms with Crippen LogP contribution in [0, 0.1) is 0 Å². The normalized spacial score (nSPS) is 19.6. The minimum absolute atomic E-state index is 0.0209. The summed E-state index contributed by atoms with van der Waals surface area (Å²) in [6.07, 6.45) is 3.03. The molecule has 7 nitrogen and oxygen atoms in total. The number of nitrogens with zero attached hydrogens (tertiary/aromatic N) is 3. The van der Waals surface area contributed by atoms with Gasteiger partial charge in [0.1, 0.15) is 6.54 Å². The number of carbonyl (C=O) groups is 3. The van der Waals surface area contributed by atoms with Gasteiger partial charge >= 0.3 is 6.09 Å². The second kappa shape index (κ2) is 4.42. The van der Waals surface area contributed by atoms with Crippen LogP contribution in [0.2, 0.25) is 0 Å². The molecule has 0 N–H and O–H groups in total. The lowest BCUT2D eigenvalue weighted by Crippen LogP contribution is -2.62. The van der Waals surface area contributed by atoms with E-state index < -0.39 is 6.09 Å². The van der Waals surface area contributed by atoms with E-state index in [4.69, 9.17) is 0 Å². The van der Waals surface area contributed by atoms with Gasteiger partial charge in [-0.25, -0.2) is 9.69 Å². The Hall–Kier alpha value is -2.31. The highest BCUT2D eigenvalue weighted by molar-refractivity contribution is 5.98. The van der Waals surface area contributed by atoms with Gasteiger partial charge in [0.15, 0.2) is 6.61 Å². The topological polar surface area (TPSA) is 71.8 Å². The second-order valence-corrected chi connectivity index (χ2v) is 4.63. The third-order valence-electron chi connectivity index (χ3n) is 3.35. The lowest BCUT2D eigenvalue weighted by atomic mass is 10.1. The number of hydrogen-bond acceptors (Lipinski definition) is 4. The van der Waals surface area contributed by atoms with Crippen molar-refractivity contribution < 1.29 is 19.1 Å². The number of rotatable bonds is 3. The maximum absolute atomic E-state index is 11.9. The van der Waals surface area contributed by atoms with E-state index >= 15 is 0 Å². The Morgan fingerprint density at radius 1 is 1.26 bits per heavy atom. The summed E-state index contributed by atoms with van der Waals surface area (Å²) in [5.74, 6) is -0.347. The van der Waals surface area contributed by atoms with E-state index in [1.54, 1.807) is 9.47 Å². The van der Waals surface area contributed by atoms with Gasteiger partial charge in [0.05, 0.1) is 6.04 Å². The molecule has 0 aromatic carbocycles. The van der Waals surface area contributed by atoms with Crippen LogP contribution >= 0.6 is 0 Å². The molecule has 0 unspecified atom stereocenters. The lowest BCUT2D eigenvalue weighted by Gasteiger charge is -2.42. The Morgan fingerprint density at radius 2 is 1.95 bits per heavy atom. The molecule has 3 rings (SSSR count). The molecule has 0 spiro atoms. The van der Waals surface area contributed by atoms with Crippen molar-refractivity contribution in [2.75, 3.05) is 19.7 Å². The van der Waals surface area contributed by atoms with Crippen LogP contribution in [0.1, 0.15) is 0 Å². The zero-order valence-electron chi connectivity index (χ0n) is 10.2. The smallest absolute Gasteiger partial charge is 0.417 e. The number of amides is 3. The number of imide groups is 1. The standard InChI is InChI=1S/C12H13N3O4/c16-10(7-13-3-1-2-4-13)14-5-9(6-14)15-11(17)8-19-12(15)18/h1-4,9H,5-8H2. The molecule has 0 saturated carbocycles. The van der Waals surface area contributed by atoms with Gasteiger partial charge in [0.25, 0.3) is 5.91 Å². The van der Waals surface area contributed by atoms with Crippen molar-refractivity contribution in [1.82, 2.24) is 14.4 Å². The predicted octanol–water partition coefficient (Wildman–Crippen LogP) is -0.322. The highest BCUT2D eigenvalue weighted by Gasteiger charge is 2.44. The Morgan fingerprint density at radius 3 is 2.53 bits per heavy atom. The number of aromatic nitrogens is 1. The molecule has 7 heteroatoms. The van der Waals surface area contributed by atoms with Crippen LogP contribution in [0.25, 0.3) is 0 Å². The maximum atomic E-state index is 11.9. The van der Waals surface area contributed by atoms with Crippen molar-refractivity contribution in [3.63, 3.8) is 0 Å². The fraction of sp³-hybridized carbons (Fsp3) is 0.417. The molecule has 0 radical (unpaired) electrons. The van der Waals surface area contributed by atoms with Crippen LogP contribution < -0.4 is 0 Å². The monoisotopic (exact) mass is 263 g/mol. The largest absolute Gasteiger partial charge is 0.439 e. The van der Waals surface area contributed by atoms with Gasteiger partial charge in [-0.15, -0.1) is 0 Å². The van der Waals surface area contributed by atoms with Crippen LogP contribution in [0.15, 0.2) is 24.5 Å². The number of likely N-dealkylation sites (tertiary alicyclic amines) is 1. The minimum Gasteiger partial charge on any atom is -0.439 e. The Kier molecular flexibility index (Phi) is 2.73. The first-order valence-corrected chi connectivity index (χ1v) is 6.02. The molecule has 0 aliphatic carbocycles. The Labute approximate surface area is 109 Å². The molecular formula is C12H13N3O4. The maximum Gasteiger partial charge on any atom is 0.417 e. The number of carbonyl (C=O) groups excluding carboxylic acids is 3. The third kappa shape index (κ3) is 2.07. The summed E-state index contributed by atoms with van der Waals surface area (Å²) in [5.41, 5.74) is 0. The third-order valence-corrected chi connectivity index (χ3v) is 3.35. The van der Waals surface area contributed by atoms with E-state index in [0.717, 1.165) is 4.90 Å². The van der Waals surface area contributed by atoms with Crippen molar-refractivity contribution in [1.29, 1.82) is 0 Å². The van der Waals surface area contributed by atoms with Crippen molar-refractivity contribution in [2.24, 2.45) is 0 Å². The average molecular weight is 263 g/mol. The molecule has 2 aliphatic heterocycles. The van der Waals surface area contributed by atoms with E-state index in [2.05, 4.69) is 4.74 Å². The highest BCUT2D eigenvalue weighted by atomic mass is 16.6. The molecule has 100 valence electrons. The molecular weight excluding hydrogens is 250 g/mol.